The highest BCUT2D eigenvalue weighted by Crippen LogP contribution is 2.29. The molecule has 0 heterocycles. The van der Waals surface area contributed by atoms with E-state index in [1.165, 1.54) is 0 Å². The smallest absolute Gasteiger partial charge is 0.311 e. The average Bonchev–Trinajstić information content (AvgIpc) is 2.42. The van der Waals surface area contributed by atoms with Gasteiger partial charge in [0.2, 0.25) is 0 Å². The molecular formula is C15H23NO4. The van der Waals surface area contributed by atoms with Crippen molar-refractivity contribution in [2.75, 3.05) is 13.2 Å². The molecule has 0 atom stereocenters. The highest BCUT2D eigenvalue weighted by molar-refractivity contribution is 5.75. The third kappa shape index (κ3) is 5.20. The molecule has 0 aromatic heterocycles. The van der Waals surface area contributed by atoms with E-state index in [1.807, 2.05) is 0 Å². The van der Waals surface area contributed by atoms with E-state index in [-0.39, 0.29) is 37.0 Å². The Bertz CT molecular complexity index is 384. The Morgan fingerprint density at radius 1 is 1.10 bits per heavy atom. The van der Waals surface area contributed by atoms with Crippen molar-refractivity contribution in [3.8, 4) is 6.07 Å². The van der Waals surface area contributed by atoms with Crippen LogP contribution in [0.2, 0.25) is 0 Å². The van der Waals surface area contributed by atoms with Gasteiger partial charge in [-0.15, -0.1) is 0 Å². The number of hydrogen-bond donors (Lipinski definition) is 0. The number of carbonyl (C=O) groups excluding carboxylic acids is 2. The first-order valence-corrected chi connectivity index (χ1v) is 7.08. The summed E-state index contributed by atoms with van der Waals surface area (Å²) in [5, 5.41) is 8.79. The Labute approximate surface area is 120 Å². The van der Waals surface area contributed by atoms with Gasteiger partial charge in [0, 0.05) is 5.92 Å². The van der Waals surface area contributed by atoms with Crippen LogP contribution in [0.25, 0.3) is 0 Å². The first kappa shape index (κ1) is 16.5. The number of rotatable bonds is 4. The van der Waals surface area contributed by atoms with Crippen LogP contribution < -0.4 is 0 Å². The van der Waals surface area contributed by atoms with Gasteiger partial charge in [-0.1, -0.05) is 0 Å². The van der Waals surface area contributed by atoms with Gasteiger partial charge in [-0.3, -0.25) is 9.59 Å². The van der Waals surface area contributed by atoms with Crippen LogP contribution in [0.15, 0.2) is 0 Å². The molecule has 0 spiro atoms. The monoisotopic (exact) mass is 281 g/mol. The van der Waals surface area contributed by atoms with Crippen LogP contribution in [-0.2, 0) is 19.1 Å². The van der Waals surface area contributed by atoms with Crippen molar-refractivity contribution in [3.63, 3.8) is 0 Å². The summed E-state index contributed by atoms with van der Waals surface area (Å²) in [7, 11) is 0. The molecule has 1 fully saturated rings. The van der Waals surface area contributed by atoms with Crippen molar-refractivity contribution in [1.82, 2.24) is 0 Å². The molecule has 0 aliphatic heterocycles. The molecule has 0 radical (unpaired) electrons. The average molecular weight is 281 g/mol. The number of nitrogens with zero attached hydrogens (tertiary/aromatic N) is 1. The van der Waals surface area contributed by atoms with Gasteiger partial charge in [0.15, 0.2) is 0 Å². The lowest BCUT2D eigenvalue weighted by molar-refractivity contribution is -0.160. The molecule has 0 aromatic carbocycles. The molecule has 1 aliphatic rings. The molecular weight excluding hydrogens is 258 g/mol. The third-order valence-electron chi connectivity index (χ3n) is 3.42. The van der Waals surface area contributed by atoms with E-state index in [4.69, 9.17) is 14.7 Å². The van der Waals surface area contributed by atoms with Gasteiger partial charge in [-0.05, 0) is 46.5 Å². The van der Waals surface area contributed by atoms with Crippen molar-refractivity contribution < 1.29 is 19.1 Å². The molecule has 0 saturated heterocycles. The van der Waals surface area contributed by atoms with Crippen LogP contribution in [0.5, 0.6) is 0 Å². The Morgan fingerprint density at radius 2 is 1.65 bits per heavy atom. The second-order valence-corrected chi connectivity index (χ2v) is 6.23. The van der Waals surface area contributed by atoms with Crippen molar-refractivity contribution in [2.24, 2.45) is 17.3 Å². The Morgan fingerprint density at radius 3 is 2.15 bits per heavy atom. The van der Waals surface area contributed by atoms with Crippen molar-refractivity contribution >= 4 is 11.9 Å². The topological polar surface area (TPSA) is 76.4 Å². The van der Waals surface area contributed by atoms with Gasteiger partial charge in [0.25, 0.3) is 0 Å². The lowest BCUT2D eigenvalue weighted by Crippen LogP contribution is -2.27. The maximum atomic E-state index is 11.8. The number of hydrogen-bond acceptors (Lipinski definition) is 5. The lowest BCUT2D eigenvalue weighted by atomic mass is 9.83. The summed E-state index contributed by atoms with van der Waals surface area (Å²) in [6.45, 7) is 5.51. The van der Waals surface area contributed by atoms with Gasteiger partial charge in [-0.25, -0.2) is 0 Å². The standard InChI is InChI=1S/C15H23NO4/c1-15(2,3)14(18)20-9-8-19-13(17)12-6-4-11(10-16)5-7-12/h11-12H,4-9H2,1-3H3/t11-,12-. The minimum Gasteiger partial charge on any atom is -0.462 e. The molecule has 1 rings (SSSR count). The molecule has 0 unspecified atom stereocenters. The predicted molar refractivity (Wildman–Crippen MR) is 72.4 cm³/mol. The van der Waals surface area contributed by atoms with Crippen LogP contribution in [0, 0.1) is 28.6 Å². The molecule has 5 heteroatoms. The molecule has 20 heavy (non-hydrogen) atoms. The van der Waals surface area contributed by atoms with Crippen molar-refractivity contribution in [3.05, 3.63) is 0 Å². The van der Waals surface area contributed by atoms with Gasteiger partial charge in [0.1, 0.15) is 13.2 Å². The van der Waals surface area contributed by atoms with E-state index in [1.54, 1.807) is 20.8 Å². The zero-order valence-electron chi connectivity index (χ0n) is 12.5. The fourth-order valence-electron chi connectivity index (χ4n) is 2.07. The Kier molecular flexibility index (Phi) is 6.00. The number of esters is 2. The second-order valence-electron chi connectivity index (χ2n) is 6.23. The summed E-state index contributed by atoms with van der Waals surface area (Å²) in [6.07, 6.45) is 2.93. The fourth-order valence-corrected chi connectivity index (χ4v) is 2.07. The van der Waals surface area contributed by atoms with Gasteiger partial charge < -0.3 is 9.47 Å². The maximum Gasteiger partial charge on any atom is 0.311 e. The summed E-state index contributed by atoms with van der Waals surface area (Å²) < 4.78 is 10.1. The summed E-state index contributed by atoms with van der Waals surface area (Å²) >= 11 is 0. The summed E-state index contributed by atoms with van der Waals surface area (Å²) in [6, 6.07) is 2.23. The van der Waals surface area contributed by atoms with Gasteiger partial charge in [-0.2, -0.15) is 5.26 Å². The van der Waals surface area contributed by atoms with Crippen LogP contribution in [0.1, 0.15) is 46.5 Å². The molecule has 5 nitrogen and oxygen atoms in total. The van der Waals surface area contributed by atoms with E-state index in [2.05, 4.69) is 6.07 Å². The zero-order valence-corrected chi connectivity index (χ0v) is 12.5. The molecule has 1 saturated carbocycles. The van der Waals surface area contributed by atoms with Crippen LogP contribution >= 0.6 is 0 Å². The SMILES string of the molecule is CC(C)(C)C(=O)OCCOC(=O)[C@H]1CC[C@H](C#N)CC1. The first-order valence-electron chi connectivity index (χ1n) is 7.08. The molecule has 0 amide bonds. The number of carbonyl (C=O) groups is 2. The fraction of sp³-hybridized carbons (Fsp3) is 0.800. The van der Waals surface area contributed by atoms with Gasteiger partial charge in [0.05, 0.1) is 17.4 Å². The van der Waals surface area contributed by atoms with Crippen LogP contribution in [-0.4, -0.2) is 25.2 Å². The van der Waals surface area contributed by atoms with Gasteiger partial charge >= 0.3 is 11.9 Å². The van der Waals surface area contributed by atoms with Crippen LogP contribution in [0.3, 0.4) is 0 Å². The Balaban J connectivity index is 2.18. The van der Waals surface area contributed by atoms with Crippen molar-refractivity contribution in [2.45, 2.75) is 46.5 Å². The molecule has 112 valence electrons. The largest absolute Gasteiger partial charge is 0.462 e. The number of ether oxygens (including phenoxy) is 2. The van der Waals surface area contributed by atoms with E-state index in [0.29, 0.717) is 12.8 Å². The molecule has 0 bridgehead atoms. The zero-order chi connectivity index (χ0) is 15.2. The summed E-state index contributed by atoms with van der Waals surface area (Å²) in [5.41, 5.74) is -0.542. The molecule has 0 aromatic rings. The van der Waals surface area contributed by atoms with Crippen LogP contribution in [0.4, 0.5) is 0 Å². The molecule has 0 N–H and O–H groups in total. The summed E-state index contributed by atoms with van der Waals surface area (Å²) in [4.78, 5) is 23.3. The lowest BCUT2D eigenvalue weighted by Gasteiger charge is -2.23. The second kappa shape index (κ2) is 7.28. The highest BCUT2D eigenvalue weighted by atomic mass is 16.6. The highest BCUT2D eigenvalue weighted by Gasteiger charge is 2.27. The van der Waals surface area contributed by atoms with E-state index in [9.17, 15) is 9.59 Å². The minimum absolute atomic E-state index is 0.0757. The minimum atomic E-state index is -0.542. The Hall–Kier alpha value is -1.57. The normalized spacial score (nSPS) is 22.7. The first-order chi connectivity index (χ1) is 9.34. The molecule has 1 aliphatic carbocycles. The number of nitriles is 1. The quantitative estimate of drug-likeness (QED) is 0.584. The predicted octanol–water partition coefficient (Wildman–Crippen LogP) is 2.45. The summed E-state index contributed by atoms with van der Waals surface area (Å²) in [5.74, 6) is -0.582. The van der Waals surface area contributed by atoms with Crippen molar-refractivity contribution in [1.29, 1.82) is 5.26 Å². The third-order valence-corrected chi connectivity index (χ3v) is 3.42. The van der Waals surface area contributed by atoms with E-state index in [0.717, 1.165) is 12.8 Å². The maximum absolute atomic E-state index is 11.8. The van der Waals surface area contributed by atoms with E-state index < -0.39 is 5.41 Å². The van der Waals surface area contributed by atoms with E-state index >= 15 is 0 Å².